The van der Waals surface area contributed by atoms with Crippen molar-refractivity contribution in [2.24, 2.45) is 0 Å². The quantitative estimate of drug-likeness (QED) is 0.288. The van der Waals surface area contributed by atoms with Crippen LogP contribution >= 0.6 is 11.6 Å². The highest BCUT2D eigenvalue weighted by molar-refractivity contribution is 6.30. The van der Waals surface area contributed by atoms with Crippen LogP contribution in [-0.4, -0.2) is 76.5 Å². The predicted octanol–water partition coefficient (Wildman–Crippen LogP) is 2.55. The van der Waals surface area contributed by atoms with Gasteiger partial charge in [0.2, 0.25) is 11.8 Å². The highest BCUT2D eigenvalue weighted by Gasteiger charge is 2.37. The minimum atomic E-state index is -1.18. The highest BCUT2D eigenvalue weighted by atomic mass is 35.5. The number of hydrogen-bond acceptors (Lipinski definition) is 7. The van der Waals surface area contributed by atoms with Gasteiger partial charge in [0.25, 0.3) is 0 Å². The van der Waals surface area contributed by atoms with Gasteiger partial charge in [-0.3, -0.25) is 14.5 Å². The van der Waals surface area contributed by atoms with Gasteiger partial charge in [-0.2, -0.15) is 5.10 Å². The van der Waals surface area contributed by atoms with Crippen LogP contribution in [0.4, 0.5) is 4.79 Å². The van der Waals surface area contributed by atoms with Gasteiger partial charge >= 0.3 is 6.09 Å². The number of benzene rings is 2. The zero-order chi connectivity index (χ0) is 28.9. The van der Waals surface area contributed by atoms with Crippen LogP contribution in [0.1, 0.15) is 36.8 Å². The first-order chi connectivity index (χ1) is 19.8. The summed E-state index contributed by atoms with van der Waals surface area (Å²) in [7, 11) is 0. The van der Waals surface area contributed by atoms with Crippen molar-refractivity contribution in [3.05, 3.63) is 83.4 Å². The number of halogens is 1. The number of likely N-dealkylation sites (tertiary alicyclic amines) is 1. The summed E-state index contributed by atoms with van der Waals surface area (Å²) < 4.78 is 3.20. The van der Waals surface area contributed by atoms with Crippen LogP contribution in [0.5, 0.6) is 0 Å². The molecule has 1 aliphatic rings. The molecule has 5 rings (SSSR count). The van der Waals surface area contributed by atoms with Crippen LogP contribution in [0, 0.1) is 0 Å². The van der Waals surface area contributed by atoms with E-state index >= 15 is 0 Å². The number of aromatic nitrogens is 6. The van der Waals surface area contributed by atoms with E-state index in [1.165, 1.54) is 11.0 Å². The molecule has 3 atom stereocenters. The second kappa shape index (κ2) is 12.2. The second-order valence-corrected chi connectivity index (χ2v) is 10.2. The molecular weight excluding hydrogens is 550 g/mol. The lowest BCUT2D eigenvalue weighted by molar-refractivity contribution is -0.132. The Morgan fingerprint density at radius 1 is 1.15 bits per heavy atom. The topological polar surface area (TPSA) is 160 Å². The zero-order valence-electron chi connectivity index (χ0n) is 22.1. The van der Waals surface area contributed by atoms with Crippen molar-refractivity contribution in [3.63, 3.8) is 0 Å². The largest absolute Gasteiger partial charge is 0.465 e. The van der Waals surface area contributed by atoms with E-state index in [0.29, 0.717) is 22.7 Å². The summed E-state index contributed by atoms with van der Waals surface area (Å²) >= 11 is 6.15. The van der Waals surface area contributed by atoms with Gasteiger partial charge in [-0.25, -0.2) is 14.2 Å². The molecule has 4 aromatic rings. The number of tetrazole rings is 1. The summed E-state index contributed by atoms with van der Waals surface area (Å²) in [6.07, 6.45) is 4.63. The molecule has 1 fully saturated rings. The summed E-state index contributed by atoms with van der Waals surface area (Å²) in [6, 6.07) is 12.9. The van der Waals surface area contributed by atoms with Crippen molar-refractivity contribution >= 4 is 29.5 Å². The first-order valence-electron chi connectivity index (χ1n) is 13.0. The fourth-order valence-electron chi connectivity index (χ4n) is 4.99. The second-order valence-electron chi connectivity index (χ2n) is 9.73. The molecule has 0 spiro atoms. The van der Waals surface area contributed by atoms with E-state index in [0.717, 1.165) is 16.2 Å². The molecule has 14 heteroatoms. The van der Waals surface area contributed by atoms with Crippen LogP contribution < -0.4 is 10.6 Å². The molecule has 1 aliphatic heterocycles. The van der Waals surface area contributed by atoms with E-state index in [1.54, 1.807) is 36.0 Å². The Morgan fingerprint density at radius 2 is 2.00 bits per heavy atom. The van der Waals surface area contributed by atoms with Crippen LogP contribution in [0.2, 0.25) is 5.02 Å². The Kier molecular flexibility index (Phi) is 8.24. The summed E-state index contributed by atoms with van der Waals surface area (Å²) in [6.45, 7) is 1.85. The summed E-state index contributed by atoms with van der Waals surface area (Å²) in [5, 5.41) is 31.2. The number of carbonyl (C=O) groups is 3. The fourth-order valence-corrected chi connectivity index (χ4v) is 5.18. The molecule has 0 radical (unpaired) electrons. The van der Waals surface area contributed by atoms with Gasteiger partial charge in [0.05, 0.1) is 11.4 Å². The summed E-state index contributed by atoms with van der Waals surface area (Å²) in [5.74, 6) is -1.02. The van der Waals surface area contributed by atoms with E-state index in [1.807, 2.05) is 36.5 Å². The standard InChI is InChI=1S/C27H28ClN9O4/c1-17(25(38)29-15-20-12-21(28)6-7-23(20)37-16-30-33-34-37)32-26(39)24-14-19(8-11-35(24)27(40)41)18-4-2-5-22(13-18)36-10-3-9-31-36/h2-7,9-10,12-13,16-17,19,24H,8,11,14-15H2,1H3,(H,29,38)(H,32,39)(H,40,41)/t17?,19-,24+/m0/s1. The third-order valence-electron chi connectivity index (χ3n) is 7.10. The maximum absolute atomic E-state index is 13.3. The average Bonchev–Trinajstić information content (AvgIpc) is 3.71. The van der Waals surface area contributed by atoms with Gasteiger partial charge in [0.15, 0.2) is 0 Å². The van der Waals surface area contributed by atoms with E-state index in [-0.39, 0.29) is 25.4 Å². The van der Waals surface area contributed by atoms with Crippen molar-refractivity contribution in [1.82, 2.24) is 45.5 Å². The average molecular weight is 578 g/mol. The summed E-state index contributed by atoms with van der Waals surface area (Å²) in [4.78, 5) is 39.4. The lowest BCUT2D eigenvalue weighted by atomic mass is 9.85. The van der Waals surface area contributed by atoms with Gasteiger partial charge in [-0.05, 0) is 83.6 Å². The molecule has 41 heavy (non-hydrogen) atoms. The number of nitrogens with one attached hydrogen (secondary N) is 2. The minimum absolute atomic E-state index is 0.0477. The third-order valence-corrected chi connectivity index (χ3v) is 7.34. The van der Waals surface area contributed by atoms with Crippen LogP contribution in [-0.2, 0) is 16.1 Å². The molecule has 1 unspecified atom stereocenters. The SMILES string of the molecule is CC(NC(=O)[C@H]1C[C@@H](c2cccc(-n3cccn3)c2)CCN1C(=O)O)C(=O)NCc1cc(Cl)ccc1-n1cnnn1. The number of carbonyl (C=O) groups excluding carboxylic acids is 2. The van der Waals surface area contributed by atoms with Crippen LogP contribution in [0.3, 0.4) is 0 Å². The monoisotopic (exact) mass is 577 g/mol. The van der Waals surface area contributed by atoms with Gasteiger partial charge in [0, 0.05) is 30.5 Å². The maximum atomic E-state index is 13.3. The van der Waals surface area contributed by atoms with Gasteiger partial charge in [-0.1, -0.05) is 23.7 Å². The zero-order valence-corrected chi connectivity index (χ0v) is 22.8. The van der Waals surface area contributed by atoms with Crippen molar-refractivity contribution in [2.75, 3.05) is 6.54 Å². The third kappa shape index (κ3) is 6.35. The lowest BCUT2D eigenvalue weighted by Crippen LogP contribution is -2.56. The van der Waals surface area contributed by atoms with Gasteiger partial charge in [-0.15, -0.1) is 5.10 Å². The first-order valence-corrected chi connectivity index (χ1v) is 13.4. The van der Waals surface area contributed by atoms with Crippen LogP contribution in [0.25, 0.3) is 11.4 Å². The molecule has 3 heterocycles. The van der Waals surface area contributed by atoms with Crippen molar-refractivity contribution in [1.29, 1.82) is 0 Å². The minimum Gasteiger partial charge on any atom is -0.465 e. The normalized spacial score (nSPS) is 17.6. The van der Waals surface area contributed by atoms with E-state index in [4.69, 9.17) is 11.6 Å². The van der Waals surface area contributed by atoms with Crippen molar-refractivity contribution < 1.29 is 19.5 Å². The smallest absolute Gasteiger partial charge is 0.407 e. The number of hydrogen-bond donors (Lipinski definition) is 3. The van der Waals surface area contributed by atoms with E-state index in [2.05, 4.69) is 31.3 Å². The molecule has 3 N–H and O–H groups in total. The Morgan fingerprint density at radius 3 is 2.73 bits per heavy atom. The number of rotatable bonds is 8. The fraction of sp³-hybridized carbons (Fsp3) is 0.296. The molecular formula is C27H28ClN9O4. The lowest BCUT2D eigenvalue weighted by Gasteiger charge is -2.37. The molecule has 0 saturated carbocycles. The van der Waals surface area contributed by atoms with E-state index < -0.39 is 30.0 Å². The molecule has 0 aliphatic carbocycles. The molecule has 0 bridgehead atoms. The van der Waals surface area contributed by atoms with E-state index in [9.17, 15) is 19.5 Å². The maximum Gasteiger partial charge on any atom is 0.407 e. The molecule has 212 valence electrons. The molecule has 2 aromatic carbocycles. The Labute approximate surface area is 240 Å². The molecule has 2 aromatic heterocycles. The molecule has 3 amide bonds. The van der Waals surface area contributed by atoms with Gasteiger partial charge in [0.1, 0.15) is 18.4 Å². The highest BCUT2D eigenvalue weighted by Crippen LogP contribution is 2.33. The Hall–Kier alpha value is -4.78. The van der Waals surface area contributed by atoms with Crippen LogP contribution in [0.15, 0.2) is 67.3 Å². The number of amides is 3. The number of carboxylic acid groups (broad SMARTS) is 1. The number of nitrogens with zero attached hydrogens (tertiary/aromatic N) is 7. The first kappa shape index (κ1) is 27.8. The Balaban J connectivity index is 1.24. The predicted molar refractivity (Wildman–Crippen MR) is 148 cm³/mol. The molecule has 13 nitrogen and oxygen atoms in total. The number of piperidine rings is 1. The van der Waals surface area contributed by atoms with Crippen molar-refractivity contribution in [2.45, 2.75) is 44.3 Å². The summed E-state index contributed by atoms with van der Waals surface area (Å²) in [5.41, 5.74) is 3.17. The van der Waals surface area contributed by atoms with Gasteiger partial charge < -0.3 is 15.7 Å². The Bertz CT molecular complexity index is 1530. The van der Waals surface area contributed by atoms with Crippen molar-refractivity contribution in [3.8, 4) is 11.4 Å². The molecule has 1 saturated heterocycles.